The van der Waals surface area contributed by atoms with Gasteiger partial charge in [0.05, 0.1) is 11.7 Å². The molecule has 0 aliphatic carbocycles. The van der Waals surface area contributed by atoms with Crippen molar-refractivity contribution >= 4 is 39.7 Å². The van der Waals surface area contributed by atoms with Gasteiger partial charge in [0, 0.05) is 5.37 Å². The lowest BCUT2D eigenvalue weighted by atomic mass is 10.0. The summed E-state index contributed by atoms with van der Waals surface area (Å²) in [5.74, 6) is 3.16. The van der Waals surface area contributed by atoms with Crippen LogP contribution in [0.1, 0.15) is 6.92 Å². The van der Waals surface area contributed by atoms with Crippen LogP contribution in [-0.4, -0.2) is 46.5 Å². The topological polar surface area (TPSA) is 180 Å². The van der Waals surface area contributed by atoms with Gasteiger partial charge in [-0.2, -0.15) is 14.0 Å². The van der Waals surface area contributed by atoms with Crippen molar-refractivity contribution < 1.29 is 22.6 Å². The molecule has 2 amide bonds. The molecule has 118 valence electrons. The molecule has 21 heavy (non-hydrogen) atoms. The number of hydrazine groups is 2. The van der Waals surface area contributed by atoms with Gasteiger partial charge in [0.2, 0.25) is 0 Å². The van der Waals surface area contributed by atoms with Gasteiger partial charge in [0.15, 0.2) is 0 Å². The van der Waals surface area contributed by atoms with Crippen LogP contribution in [0.15, 0.2) is 11.4 Å². The Bertz CT molecular complexity index is 602. The van der Waals surface area contributed by atoms with E-state index < -0.39 is 34.2 Å². The van der Waals surface area contributed by atoms with Crippen LogP contribution in [0.25, 0.3) is 0 Å². The minimum atomic E-state index is -4.66. The number of β-lactam (4-membered cyclic amide) rings is 1. The molecular formula is C8H14N6O5S2. The molecular weight excluding hydrogens is 324 g/mol. The van der Waals surface area contributed by atoms with E-state index in [0.717, 1.165) is 5.37 Å². The van der Waals surface area contributed by atoms with Crippen molar-refractivity contribution in [3.63, 3.8) is 0 Å². The number of rotatable bonds is 6. The van der Waals surface area contributed by atoms with E-state index in [0.29, 0.717) is 0 Å². The van der Waals surface area contributed by atoms with Crippen LogP contribution in [0.2, 0.25) is 0 Å². The van der Waals surface area contributed by atoms with Gasteiger partial charge >= 0.3 is 10.3 Å². The molecule has 1 aliphatic heterocycles. The van der Waals surface area contributed by atoms with Gasteiger partial charge in [-0.05, 0) is 6.92 Å². The Kier molecular flexibility index (Phi) is 5.19. The normalized spacial score (nSPS) is 23.0. The maximum Gasteiger partial charge on any atom is 0.362 e. The van der Waals surface area contributed by atoms with E-state index in [1.54, 1.807) is 0 Å². The van der Waals surface area contributed by atoms with Gasteiger partial charge in [-0.3, -0.25) is 20.0 Å². The SMILES string of the molecule is C[C@H]1[C@H](NC(=O)/C(N)=C(\C=S)NNN)C(=O)N1S(=O)(=O)O. The molecule has 0 aromatic carbocycles. The quantitative estimate of drug-likeness (QED) is 0.0715. The Morgan fingerprint density at radius 3 is 2.48 bits per heavy atom. The maximum atomic E-state index is 11.8. The van der Waals surface area contributed by atoms with Crippen LogP contribution in [-0.2, 0) is 19.9 Å². The van der Waals surface area contributed by atoms with Crippen molar-refractivity contribution in [3.05, 3.63) is 11.4 Å². The highest BCUT2D eigenvalue weighted by molar-refractivity contribution is 7.84. The predicted octanol–water partition coefficient (Wildman–Crippen LogP) is -3.36. The summed E-state index contributed by atoms with van der Waals surface area (Å²) in [5, 5.41) is 3.27. The molecule has 0 bridgehead atoms. The summed E-state index contributed by atoms with van der Waals surface area (Å²) in [6, 6.07) is -2.07. The van der Waals surface area contributed by atoms with E-state index in [9.17, 15) is 18.0 Å². The number of carbonyl (C=O) groups excluding carboxylic acids is 2. The summed E-state index contributed by atoms with van der Waals surface area (Å²) in [4.78, 5) is 23.4. The molecule has 1 aliphatic rings. The number of nitrogens with zero attached hydrogens (tertiary/aromatic N) is 1. The molecule has 0 saturated carbocycles. The van der Waals surface area contributed by atoms with E-state index in [1.165, 1.54) is 6.92 Å². The monoisotopic (exact) mass is 338 g/mol. The summed E-state index contributed by atoms with van der Waals surface area (Å²) in [5.41, 5.74) is 9.49. The molecule has 1 rings (SSSR count). The van der Waals surface area contributed by atoms with E-state index in [1.807, 2.05) is 5.53 Å². The van der Waals surface area contributed by atoms with Crippen LogP contribution >= 0.6 is 12.2 Å². The largest absolute Gasteiger partial charge is 0.393 e. The van der Waals surface area contributed by atoms with Crippen molar-refractivity contribution in [2.24, 2.45) is 11.6 Å². The number of allylic oxidation sites excluding steroid dienone is 1. The van der Waals surface area contributed by atoms with Crippen molar-refractivity contribution in [1.29, 1.82) is 0 Å². The van der Waals surface area contributed by atoms with Gasteiger partial charge in [-0.15, -0.1) is 0 Å². The Morgan fingerprint density at radius 1 is 1.52 bits per heavy atom. The van der Waals surface area contributed by atoms with E-state index in [4.69, 9.17) is 16.1 Å². The molecule has 1 heterocycles. The number of hydrogen-bond donors (Lipinski definition) is 6. The Balaban J connectivity index is 2.83. The second-order valence-corrected chi connectivity index (χ2v) is 5.54. The third kappa shape index (κ3) is 3.45. The number of amides is 2. The molecule has 1 saturated heterocycles. The highest BCUT2D eigenvalue weighted by Crippen LogP contribution is 2.22. The number of carbonyl (C=O) groups is 2. The minimum Gasteiger partial charge on any atom is -0.393 e. The van der Waals surface area contributed by atoms with Gasteiger partial charge < -0.3 is 16.5 Å². The standard InChI is InChI=1S/C8H14N6O5S2/c1-3-6(8(16)14(3)21(17,18)19)11-7(15)5(9)4(2-20)12-13-10/h2-3,6,12-13H,9-10H2,1H3,(H,11,15)(H,17,18,19)/b5-4-/t3-,6-/m0/s1. The maximum absolute atomic E-state index is 11.8. The third-order valence-electron chi connectivity index (χ3n) is 2.73. The lowest BCUT2D eigenvalue weighted by Gasteiger charge is -2.42. The van der Waals surface area contributed by atoms with Crippen molar-refractivity contribution in [3.8, 4) is 0 Å². The summed E-state index contributed by atoms with van der Waals surface area (Å²) in [6.07, 6.45) is 0. The summed E-state index contributed by atoms with van der Waals surface area (Å²) >= 11 is 4.62. The molecule has 0 radical (unpaired) electrons. The first-order valence-corrected chi connectivity index (χ1v) is 7.30. The number of hydrogen-bond acceptors (Lipinski definition) is 9. The van der Waals surface area contributed by atoms with Crippen molar-refractivity contribution in [2.45, 2.75) is 19.0 Å². The molecule has 0 aromatic rings. The first-order chi connectivity index (χ1) is 9.65. The summed E-state index contributed by atoms with van der Waals surface area (Å²) < 4.78 is 30.9. The van der Waals surface area contributed by atoms with Crippen molar-refractivity contribution in [2.75, 3.05) is 0 Å². The van der Waals surface area contributed by atoms with Crippen LogP contribution in [0, 0.1) is 0 Å². The zero-order valence-electron chi connectivity index (χ0n) is 10.7. The molecule has 0 spiro atoms. The lowest BCUT2D eigenvalue weighted by Crippen LogP contribution is -2.71. The van der Waals surface area contributed by atoms with E-state index in [-0.39, 0.29) is 15.7 Å². The Morgan fingerprint density at radius 2 is 2.10 bits per heavy atom. The number of nitrogens with one attached hydrogen (secondary N) is 3. The minimum absolute atomic E-state index is 0.00365. The summed E-state index contributed by atoms with van der Waals surface area (Å²) in [7, 11) is -4.66. The lowest BCUT2D eigenvalue weighted by molar-refractivity contribution is -0.144. The van der Waals surface area contributed by atoms with E-state index in [2.05, 4.69) is 23.0 Å². The first kappa shape index (κ1) is 17.3. The van der Waals surface area contributed by atoms with Gasteiger partial charge in [-0.1, -0.05) is 12.2 Å². The average molecular weight is 338 g/mol. The Labute approximate surface area is 125 Å². The molecule has 2 atom stereocenters. The zero-order chi connectivity index (χ0) is 16.4. The van der Waals surface area contributed by atoms with Gasteiger partial charge in [0.1, 0.15) is 11.7 Å². The fourth-order valence-electron chi connectivity index (χ4n) is 1.68. The van der Waals surface area contributed by atoms with E-state index >= 15 is 0 Å². The van der Waals surface area contributed by atoms with Crippen molar-refractivity contribution in [1.82, 2.24) is 20.6 Å². The molecule has 11 nitrogen and oxygen atoms in total. The summed E-state index contributed by atoms with van der Waals surface area (Å²) in [6.45, 7) is 1.33. The van der Waals surface area contributed by atoms with Gasteiger partial charge in [0.25, 0.3) is 11.8 Å². The number of nitrogens with two attached hydrogens (primary N) is 2. The third-order valence-corrected chi connectivity index (χ3v) is 3.98. The fraction of sp³-hybridized carbons (Fsp3) is 0.375. The second-order valence-electron chi connectivity index (χ2n) is 4.02. The first-order valence-electron chi connectivity index (χ1n) is 5.43. The Hall–Kier alpha value is -1.80. The molecule has 0 aromatic heterocycles. The predicted molar refractivity (Wildman–Crippen MR) is 75.1 cm³/mol. The number of thiocarbonyl (C=S) groups is 1. The van der Waals surface area contributed by atoms with Crippen LogP contribution in [0.4, 0.5) is 0 Å². The molecule has 0 unspecified atom stereocenters. The molecule has 13 heteroatoms. The molecule has 8 N–H and O–H groups in total. The van der Waals surface area contributed by atoms with Crippen LogP contribution < -0.4 is 27.9 Å². The smallest absolute Gasteiger partial charge is 0.362 e. The van der Waals surface area contributed by atoms with Gasteiger partial charge in [-0.25, -0.2) is 4.31 Å². The second kappa shape index (κ2) is 6.31. The fourth-order valence-corrected chi connectivity index (χ4v) is 2.75. The van der Waals surface area contributed by atoms with Crippen LogP contribution in [0.5, 0.6) is 0 Å². The van der Waals surface area contributed by atoms with Crippen LogP contribution in [0.3, 0.4) is 0 Å². The highest BCUT2D eigenvalue weighted by Gasteiger charge is 2.51. The molecule has 1 fully saturated rings. The zero-order valence-corrected chi connectivity index (χ0v) is 12.4. The highest BCUT2D eigenvalue weighted by atomic mass is 32.2. The average Bonchev–Trinajstić information content (AvgIpc) is 2.39.